The average molecular weight is 110 g/mol. The van der Waals surface area contributed by atoms with Crippen molar-refractivity contribution in [3.63, 3.8) is 0 Å². The summed E-state index contributed by atoms with van der Waals surface area (Å²) in [6.07, 6.45) is 0.836. The predicted molar refractivity (Wildman–Crippen MR) is 29.8 cm³/mol. The zero-order valence-corrected chi connectivity index (χ0v) is 4.18. The maximum atomic E-state index is 8.07. The lowest BCUT2D eigenvalue weighted by molar-refractivity contribution is 1.16. The molecule has 0 heterocycles. The second-order valence-corrected chi connectivity index (χ2v) is 1.23. The first-order valence-electron chi connectivity index (χ1n) is 1.96. The van der Waals surface area contributed by atoms with Crippen molar-refractivity contribution < 1.29 is 0 Å². The maximum Gasteiger partial charge on any atom is 0.137 e. The fraction of sp³-hybridized carbons (Fsp3) is 0.250. The van der Waals surface area contributed by atoms with Gasteiger partial charge >= 0.3 is 0 Å². The molecule has 4 nitrogen and oxygen atoms in total. The van der Waals surface area contributed by atoms with E-state index < -0.39 is 5.92 Å². The summed E-state index contributed by atoms with van der Waals surface area (Å²) in [6, 6.07) is 1.66. The number of amidine groups is 1. The van der Waals surface area contributed by atoms with Crippen LogP contribution in [0.4, 0.5) is 0 Å². The topological polar surface area (TPSA) is 97.5 Å². The number of nitrogens with two attached hydrogens (primary N) is 1. The van der Waals surface area contributed by atoms with Crippen molar-refractivity contribution in [2.24, 2.45) is 11.7 Å². The fourth-order valence-electron chi connectivity index (χ4n) is 0.197. The summed E-state index contributed by atoms with van der Waals surface area (Å²) < 4.78 is 0. The van der Waals surface area contributed by atoms with E-state index in [1.165, 1.54) is 0 Å². The largest absolute Gasteiger partial charge is 0.386 e. The van der Waals surface area contributed by atoms with Gasteiger partial charge in [0.25, 0.3) is 0 Å². The minimum atomic E-state index is -0.838. The predicted octanol–water partition coefficient (Wildman–Crippen LogP) is -0.288. The van der Waals surface area contributed by atoms with Crippen molar-refractivity contribution in [1.82, 2.24) is 0 Å². The fourth-order valence-corrected chi connectivity index (χ4v) is 0.197. The molecule has 0 radical (unpaired) electrons. The van der Waals surface area contributed by atoms with E-state index >= 15 is 0 Å². The van der Waals surface area contributed by atoms with E-state index in [1.807, 2.05) is 0 Å². The van der Waals surface area contributed by atoms with Crippen LogP contribution in [0.25, 0.3) is 0 Å². The van der Waals surface area contributed by atoms with Crippen LogP contribution in [0.3, 0.4) is 0 Å². The summed E-state index contributed by atoms with van der Waals surface area (Å²) in [4.78, 5) is 0. The molecule has 0 amide bonds. The second kappa shape index (κ2) is 2.75. The van der Waals surface area contributed by atoms with Crippen LogP contribution < -0.4 is 5.73 Å². The van der Waals surface area contributed by atoms with Gasteiger partial charge in [0.2, 0.25) is 0 Å². The minimum Gasteiger partial charge on any atom is -0.386 e. The summed E-state index contributed by atoms with van der Waals surface area (Å²) in [5.41, 5.74) is 4.87. The number of hydrogen-bond donors (Lipinski definition) is 3. The quantitative estimate of drug-likeness (QED) is 0.336. The Labute approximate surface area is 46.9 Å². The van der Waals surface area contributed by atoms with Crippen molar-refractivity contribution in [2.45, 2.75) is 0 Å². The second-order valence-electron chi connectivity index (χ2n) is 1.23. The minimum absolute atomic E-state index is 0.275. The summed E-state index contributed by atoms with van der Waals surface area (Å²) in [5.74, 6) is -1.11. The van der Waals surface area contributed by atoms with Gasteiger partial charge in [0.15, 0.2) is 0 Å². The Morgan fingerprint density at radius 2 is 2.38 bits per heavy atom. The third kappa shape index (κ3) is 1.39. The monoisotopic (exact) mass is 110 g/mol. The van der Waals surface area contributed by atoms with Crippen molar-refractivity contribution in [3.8, 4) is 6.07 Å². The van der Waals surface area contributed by atoms with Crippen LogP contribution in [0.5, 0.6) is 0 Å². The van der Waals surface area contributed by atoms with Crippen LogP contribution in [-0.4, -0.2) is 12.1 Å². The highest BCUT2D eigenvalue weighted by atomic mass is 14.7. The smallest absolute Gasteiger partial charge is 0.137 e. The van der Waals surface area contributed by atoms with Gasteiger partial charge in [-0.25, -0.2) is 0 Å². The Kier molecular flexibility index (Phi) is 2.28. The van der Waals surface area contributed by atoms with Gasteiger partial charge in [0.05, 0.1) is 6.07 Å². The van der Waals surface area contributed by atoms with E-state index in [4.69, 9.17) is 21.8 Å². The third-order valence-corrected chi connectivity index (χ3v) is 0.641. The summed E-state index contributed by atoms with van der Waals surface area (Å²) in [7, 11) is 0. The van der Waals surface area contributed by atoms with Crippen LogP contribution in [0, 0.1) is 28.1 Å². The van der Waals surface area contributed by atoms with E-state index in [0.29, 0.717) is 0 Å². The molecule has 1 atom stereocenters. The number of nitriles is 1. The number of rotatable bonds is 2. The van der Waals surface area contributed by atoms with Crippen LogP contribution in [0.15, 0.2) is 0 Å². The highest BCUT2D eigenvalue weighted by Gasteiger charge is 2.03. The SMILES string of the molecule is N#CC(C=N)C(=N)N. The number of nitrogens with one attached hydrogen (secondary N) is 2. The van der Waals surface area contributed by atoms with Gasteiger partial charge in [0.1, 0.15) is 11.8 Å². The molecule has 4 heteroatoms. The van der Waals surface area contributed by atoms with Gasteiger partial charge in [-0.1, -0.05) is 0 Å². The van der Waals surface area contributed by atoms with Crippen LogP contribution >= 0.6 is 0 Å². The van der Waals surface area contributed by atoms with E-state index in [0.717, 1.165) is 6.21 Å². The highest BCUT2D eigenvalue weighted by Crippen LogP contribution is 1.84. The molecule has 0 aliphatic carbocycles. The molecule has 0 fully saturated rings. The molecule has 42 valence electrons. The molecule has 0 bridgehead atoms. The van der Waals surface area contributed by atoms with E-state index in [9.17, 15) is 0 Å². The number of hydrogen-bond acceptors (Lipinski definition) is 3. The lowest BCUT2D eigenvalue weighted by atomic mass is 10.2. The molecule has 0 rings (SSSR count). The highest BCUT2D eigenvalue weighted by molar-refractivity contribution is 5.95. The zero-order chi connectivity index (χ0) is 6.57. The van der Waals surface area contributed by atoms with Crippen molar-refractivity contribution in [1.29, 1.82) is 16.1 Å². The Hall–Kier alpha value is -1.37. The lowest BCUT2D eigenvalue weighted by Gasteiger charge is -1.93. The maximum absolute atomic E-state index is 8.07. The van der Waals surface area contributed by atoms with Crippen LogP contribution in [-0.2, 0) is 0 Å². The molecule has 0 aromatic rings. The molecule has 0 saturated heterocycles. The lowest BCUT2D eigenvalue weighted by Crippen LogP contribution is -2.21. The van der Waals surface area contributed by atoms with E-state index in [2.05, 4.69) is 0 Å². The van der Waals surface area contributed by atoms with Gasteiger partial charge < -0.3 is 11.1 Å². The molecule has 0 aromatic heterocycles. The first kappa shape index (κ1) is 6.63. The standard InChI is InChI=1S/C4H6N4/c5-1-3(2-6)4(7)8/h1,3,5H,(H3,7,8). The Balaban J connectivity index is 3.95. The van der Waals surface area contributed by atoms with Crippen LogP contribution in [0.1, 0.15) is 0 Å². The van der Waals surface area contributed by atoms with Gasteiger partial charge in [0, 0.05) is 6.21 Å². The first-order chi connectivity index (χ1) is 3.72. The zero-order valence-electron chi connectivity index (χ0n) is 4.18. The molecule has 0 aliphatic heterocycles. The first-order valence-corrected chi connectivity index (χ1v) is 1.96. The van der Waals surface area contributed by atoms with E-state index in [1.54, 1.807) is 6.07 Å². The van der Waals surface area contributed by atoms with Gasteiger partial charge in [-0.15, -0.1) is 0 Å². The van der Waals surface area contributed by atoms with Crippen molar-refractivity contribution in [2.75, 3.05) is 0 Å². The Morgan fingerprint density at radius 1 is 1.88 bits per heavy atom. The summed E-state index contributed by atoms with van der Waals surface area (Å²) >= 11 is 0. The van der Waals surface area contributed by atoms with Gasteiger partial charge in [-0.05, 0) is 0 Å². The van der Waals surface area contributed by atoms with Crippen LogP contribution in [0.2, 0.25) is 0 Å². The normalized spacial score (nSPS) is 11.4. The molecule has 4 N–H and O–H groups in total. The summed E-state index contributed by atoms with van der Waals surface area (Å²) in [6.45, 7) is 0. The molecule has 0 aromatic carbocycles. The summed E-state index contributed by atoms with van der Waals surface area (Å²) in [5, 5.41) is 21.3. The molecule has 1 unspecified atom stereocenters. The molecular formula is C4H6N4. The Morgan fingerprint density at radius 3 is 2.38 bits per heavy atom. The molecule has 0 spiro atoms. The van der Waals surface area contributed by atoms with Gasteiger partial charge in [-0.2, -0.15) is 5.26 Å². The average Bonchev–Trinajstić information content (AvgIpc) is 1.69. The van der Waals surface area contributed by atoms with Gasteiger partial charge in [-0.3, -0.25) is 5.41 Å². The van der Waals surface area contributed by atoms with E-state index in [-0.39, 0.29) is 5.84 Å². The molecular weight excluding hydrogens is 104 g/mol. The van der Waals surface area contributed by atoms with Crippen molar-refractivity contribution >= 4 is 12.1 Å². The number of nitrogens with zero attached hydrogens (tertiary/aromatic N) is 1. The third-order valence-electron chi connectivity index (χ3n) is 0.641. The van der Waals surface area contributed by atoms with Crippen molar-refractivity contribution in [3.05, 3.63) is 0 Å². The molecule has 0 saturated carbocycles. The molecule has 8 heavy (non-hydrogen) atoms. The molecule has 0 aliphatic rings. The Bertz CT molecular complexity index is 143.